The molecule has 2 heterocycles. The van der Waals surface area contributed by atoms with E-state index in [0.29, 0.717) is 18.9 Å². The molecule has 3 rings (SSSR count). The first-order valence-corrected chi connectivity index (χ1v) is 7.58. The first-order valence-electron chi connectivity index (χ1n) is 7.58. The van der Waals surface area contributed by atoms with E-state index in [1.807, 2.05) is 4.90 Å². The summed E-state index contributed by atoms with van der Waals surface area (Å²) in [6.45, 7) is 4.41. The summed E-state index contributed by atoms with van der Waals surface area (Å²) in [5.74, 6) is 0.582. The number of benzene rings is 1. The quantitative estimate of drug-likeness (QED) is 0.906. The number of hydrogen-bond acceptors (Lipinski definition) is 3. The van der Waals surface area contributed by atoms with Crippen LogP contribution in [0.2, 0.25) is 0 Å². The Morgan fingerprint density at radius 1 is 1.20 bits per heavy atom. The van der Waals surface area contributed by atoms with Gasteiger partial charge >= 0.3 is 0 Å². The highest BCUT2D eigenvalue weighted by Gasteiger charge is 2.29. The van der Waals surface area contributed by atoms with Crippen molar-refractivity contribution in [1.82, 2.24) is 4.90 Å². The van der Waals surface area contributed by atoms with E-state index < -0.39 is 0 Å². The standard InChI is InChI=1S/C16H23N3O/c17-10-13-9-16(20)19(11-13)12-14-5-1-2-6-15(14)18-7-3-4-8-18/h1-2,5-6,13H,3-4,7-12,17H2. The van der Waals surface area contributed by atoms with Crippen LogP contribution < -0.4 is 10.6 Å². The Morgan fingerprint density at radius 2 is 1.95 bits per heavy atom. The lowest BCUT2D eigenvalue weighted by atomic mass is 10.1. The summed E-state index contributed by atoms with van der Waals surface area (Å²) in [7, 11) is 0. The van der Waals surface area contributed by atoms with E-state index in [2.05, 4.69) is 29.2 Å². The molecule has 0 radical (unpaired) electrons. The highest BCUT2D eigenvalue weighted by molar-refractivity contribution is 5.79. The van der Waals surface area contributed by atoms with Gasteiger partial charge in [0.1, 0.15) is 0 Å². The van der Waals surface area contributed by atoms with Gasteiger partial charge < -0.3 is 15.5 Å². The number of amides is 1. The molecule has 2 aliphatic rings. The average Bonchev–Trinajstić information content (AvgIpc) is 3.10. The summed E-state index contributed by atoms with van der Waals surface area (Å²) in [5, 5.41) is 0. The van der Waals surface area contributed by atoms with E-state index in [0.717, 1.165) is 26.2 Å². The second kappa shape index (κ2) is 5.83. The molecule has 20 heavy (non-hydrogen) atoms. The summed E-state index contributed by atoms with van der Waals surface area (Å²) < 4.78 is 0. The smallest absolute Gasteiger partial charge is 0.223 e. The lowest BCUT2D eigenvalue weighted by Gasteiger charge is -2.24. The number of carbonyl (C=O) groups excluding carboxylic acids is 1. The zero-order chi connectivity index (χ0) is 13.9. The number of rotatable bonds is 4. The summed E-state index contributed by atoms with van der Waals surface area (Å²) in [4.78, 5) is 16.4. The van der Waals surface area contributed by atoms with Gasteiger partial charge in [-0.2, -0.15) is 0 Å². The van der Waals surface area contributed by atoms with Crippen molar-refractivity contribution in [3.8, 4) is 0 Å². The van der Waals surface area contributed by atoms with Crippen molar-refractivity contribution >= 4 is 11.6 Å². The third-order valence-corrected chi connectivity index (χ3v) is 4.43. The minimum absolute atomic E-state index is 0.247. The lowest BCUT2D eigenvalue weighted by molar-refractivity contribution is -0.128. The fourth-order valence-electron chi connectivity index (χ4n) is 3.28. The Balaban J connectivity index is 1.75. The maximum atomic E-state index is 12.0. The topological polar surface area (TPSA) is 49.6 Å². The van der Waals surface area contributed by atoms with Gasteiger partial charge in [0.05, 0.1) is 0 Å². The number of anilines is 1. The largest absolute Gasteiger partial charge is 0.371 e. The van der Waals surface area contributed by atoms with Crippen molar-refractivity contribution in [1.29, 1.82) is 0 Å². The highest BCUT2D eigenvalue weighted by atomic mass is 16.2. The first-order chi connectivity index (χ1) is 9.78. The minimum atomic E-state index is 0.247. The molecule has 0 spiro atoms. The molecule has 0 aromatic heterocycles. The molecule has 0 saturated carbocycles. The van der Waals surface area contributed by atoms with E-state index >= 15 is 0 Å². The summed E-state index contributed by atoms with van der Waals surface area (Å²) >= 11 is 0. The van der Waals surface area contributed by atoms with Crippen LogP contribution >= 0.6 is 0 Å². The Kier molecular flexibility index (Phi) is 3.92. The number of hydrogen-bond donors (Lipinski definition) is 1. The van der Waals surface area contributed by atoms with E-state index in [-0.39, 0.29) is 5.91 Å². The van der Waals surface area contributed by atoms with Crippen LogP contribution in [0.25, 0.3) is 0 Å². The molecule has 2 N–H and O–H groups in total. The van der Waals surface area contributed by atoms with Crippen LogP contribution in [0.1, 0.15) is 24.8 Å². The van der Waals surface area contributed by atoms with E-state index in [4.69, 9.17) is 5.73 Å². The number of carbonyl (C=O) groups is 1. The van der Waals surface area contributed by atoms with Crippen LogP contribution in [0.4, 0.5) is 5.69 Å². The molecule has 108 valence electrons. The molecule has 1 amide bonds. The van der Waals surface area contributed by atoms with Crippen molar-refractivity contribution < 1.29 is 4.79 Å². The van der Waals surface area contributed by atoms with Crippen molar-refractivity contribution in [2.45, 2.75) is 25.8 Å². The van der Waals surface area contributed by atoms with Gasteiger partial charge in [0.2, 0.25) is 5.91 Å². The SMILES string of the molecule is NCC1CC(=O)N(Cc2ccccc2N2CCCC2)C1. The van der Waals surface area contributed by atoms with Crippen LogP contribution in [0, 0.1) is 5.92 Å². The zero-order valence-electron chi connectivity index (χ0n) is 11.9. The second-order valence-corrected chi connectivity index (χ2v) is 5.90. The Labute approximate surface area is 120 Å². The predicted molar refractivity (Wildman–Crippen MR) is 80.5 cm³/mol. The van der Waals surface area contributed by atoms with Gasteiger partial charge in [0, 0.05) is 38.3 Å². The Bertz CT molecular complexity index is 482. The van der Waals surface area contributed by atoms with Gasteiger partial charge in [-0.05, 0) is 36.9 Å². The fraction of sp³-hybridized carbons (Fsp3) is 0.562. The van der Waals surface area contributed by atoms with Crippen LogP contribution in [-0.4, -0.2) is 37.0 Å². The average molecular weight is 273 g/mol. The molecule has 0 bridgehead atoms. The highest BCUT2D eigenvalue weighted by Crippen LogP contribution is 2.27. The fourth-order valence-corrected chi connectivity index (χ4v) is 3.28. The molecule has 1 aromatic rings. The first kappa shape index (κ1) is 13.4. The van der Waals surface area contributed by atoms with E-state index in [9.17, 15) is 4.79 Å². The van der Waals surface area contributed by atoms with Crippen molar-refractivity contribution in [2.75, 3.05) is 31.1 Å². The van der Waals surface area contributed by atoms with Crippen LogP contribution in [-0.2, 0) is 11.3 Å². The maximum absolute atomic E-state index is 12.0. The predicted octanol–water partition coefficient (Wildman–Crippen LogP) is 1.59. The number of nitrogens with two attached hydrogens (primary N) is 1. The van der Waals surface area contributed by atoms with Crippen molar-refractivity contribution in [3.63, 3.8) is 0 Å². The summed E-state index contributed by atoms with van der Waals surface area (Å²) in [5.41, 5.74) is 8.26. The zero-order valence-corrected chi connectivity index (χ0v) is 11.9. The van der Waals surface area contributed by atoms with Crippen LogP contribution in [0.3, 0.4) is 0 Å². The molecule has 0 aliphatic carbocycles. The van der Waals surface area contributed by atoms with E-state index in [1.165, 1.54) is 24.1 Å². The molecule has 2 saturated heterocycles. The molecular formula is C16H23N3O. The van der Waals surface area contributed by atoms with Gasteiger partial charge in [0.15, 0.2) is 0 Å². The third-order valence-electron chi connectivity index (χ3n) is 4.43. The van der Waals surface area contributed by atoms with Gasteiger partial charge in [0.25, 0.3) is 0 Å². The number of para-hydroxylation sites is 1. The van der Waals surface area contributed by atoms with Crippen molar-refractivity contribution in [3.05, 3.63) is 29.8 Å². The summed E-state index contributed by atoms with van der Waals surface area (Å²) in [6.07, 6.45) is 3.15. The number of nitrogens with zero attached hydrogens (tertiary/aromatic N) is 2. The van der Waals surface area contributed by atoms with Crippen LogP contribution in [0.15, 0.2) is 24.3 Å². The van der Waals surface area contributed by atoms with E-state index in [1.54, 1.807) is 0 Å². The molecule has 1 unspecified atom stereocenters. The second-order valence-electron chi connectivity index (χ2n) is 5.90. The molecule has 4 heteroatoms. The Hall–Kier alpha value is -1.55. The van der Waals surface area contributed by atoms with Gasteiger partial charge in [-0.1, -0.05) is 18.2 Å². The molecule has 1 atom stereocenters. The molecular weight excluding hydrogens is 250 g/mol. The maximum Gasteiger partial charge on any atom is 0.223 e. The molecule has 4 nitrogen and oxygen atoms in total. The molecule has 1 aromatic carbocycles. The Morgan fingerprint density at radius 3 is 2.65 bits per heavy atom. The van der Waals surface area contributed by atoms with Crippen LogP contribution in [0.5, 0.6) is 0 Å². The van der Waals surface area contributed by atoms with Gasteiger partial charge in [-0.15, -0.1) is 0 Å². The summed E-state index contributed by atoms with van der Waals surface area (Å²) in [6, 6.07) is 8.49. The van der Waals surface area contributed by atoms with Gasteiger partial charge in [-0.25, -0.2) is 0 Å². The van der Waals surface area contributed by atoms with Crippen molar-refractivity contribution in [2.24, 2.45) is 11.7 Å². The third kappa shape index (κ3) is 2.66. The number of likely N-dealkylation sites (tertiary alicyclic amines) is 1. The molecule has 2 fully saturated rings. The van der Waals surface area contributed by atoms with Gasteiger partial charge in [-0.3, -0.25) is 4.79 Å². The normalized spacial score (nSPS) is 22.9. The lowest BCUT2D eigenvalue weighted by Crippen LogP contribution is -2.27. The monoisotopic (exact) mass is 273 g/mol. The molecule has 2 aliphatic heterocycles. The minimum Gasteiger partial charge on any atom is -0.371 e.